The summed E-state index contributed by atoms with van der Waals surface area (Å²) in [5, 5.41) is 25.6. The van der Waals surface area contributed by atoms with E-state index in [-0.39, 0.29) is 6.42 Å². The first-order chi connectivity index (χ1) is 15.3. The second-order valence-corrected chi connectivity index (χ2v) is 8.35. The zero-order valence-electron chi connectivity index (χ0n) is 19.0. The minimum absolute atomic E-state index is 0.0146. The van der Waals surface area contributed by atoms with Gasteiger partial charge in [0.15, 0.2) is 0 Å². The third-order valence-corrected chi connectivity index (χ3v) is 4.82. The van der Waals surface area contributed by atoms with Crippen molar-refractivity contribution in [2.75, 3.05) is 0 Å². The molecule has 0 aliphatic heterocycles. The lowest BCUT2D eigenvalue weighted by molar-refractivity contribution is -0.143. The molecule has 3 amide bonds. The Labute approximate surface area is 190 Å². The highest BCUT2D eigenvalue weighted by atomic mass is 16.4. The summed E-state index contributed by atoms with van der Waals surface area (Å²) in [6, 6.07) is -4.82. The first-order valence-corrected chi connectivity index (χ1v) is 10.4. The van der Waals surface area contributed by atoms with Gasteiger partial charge in [0.2, 0.25) is 17.7 Å². The zero-order chi connectivity index (χ0) is 25.3. The number of amides is 3. The number of aromatic nitrogens is 2. The van der Waals surface area contributed by atoms with Crippen molar-refractivity contribution in [1.29, 1.82) is 0 Å². The second kappa shape index (κ2) is 12.5. The van der Waals surface area contributed by atoms with Gasteiger partial charge in [-0.25, -0.2) is 9.78 Å². The molecular weight excluding hydrogens is 436 g/mol. The van der Waals surface area contributed by atoms with Gasteiger partial charge in [0, 0.05) is 18.3 Å². The molecule has 0 spiro atoms. The highest BCUT2D eigenvalue weighted by Crippen LogP contribution is 2.08. The Morgan fingerprint density at radius 2 is 1.52 bits per heavy atom. The van der Waals surface area contributed by atoms with E-state index in [2.05, 4.69) is 25.9 Å². The molecule has 13 heteroatoms. The van der Waals surface area contributed by atoms with Crippen LogP contribution < -0.4 is 21.7 Å². The summed E-state index contributed by atoms with van der Waals surface area (Å²) in [7, 11) is 0. The zero-order valence-corrected chi connectivity index (χ0v) is 19.0. The van der Waals surface area contributed by atoms with Crippen molar-refractivity contribution in [2.24, 2.45) is 17.6 Å². The molecule has 0 bridgehead atoms. The van der Waals surface area contributed by atoms with Crippen LogP contribution in [0.3, 0.4) is 0 Å². The molecule has 0 aliphatic carbocycles. The van der Waals surface area contributed by atoms with E-state index in [4.69, 9.17) is 10.8 Å². The Morgan fingerprint density at radius 1 is 0.939 bits per heavy atom. The molecule has 0 saturated carbocycles. The molecule has 8 N–H and O–H groups in total. The van der Waals surface area contributed by atoms with E-state index in [1.54, 1.807) is 27.7 Å². The Morgan fingerprint density at radius 3 is 1.97 bits per heavy atom. The quantitative estimate of drug-likeness (QED) is 0.181. The predicted molar refractivity (Wildman–Crippen MR) is 116 cm³/mol. The van der Waals surface area contributed by atoms with Crippen molar-refractivity contribution < 1.29 is 34.2 Å². The van der Waals surface area contributed by atoms with Crippen molar-refractivity contribution in [3.8, 4) is 0 Å². The summed E-state index contributed by atoms with van der Waals surface area (Å²) in [5.74, 6) is -5.58. The van der Waals surface area contributed by atoms with E-state index in [1.807, 2.05) is 0 Å². The van der Waals surface area contributed by atoms with Crippen molar-refractivity contribution in [2.45, 2.75) is 64.7 Å². The number of rotatable bonds is 13. The lowest BCUT2D eigenvalue weighted by Gasteiger charge is -2.27. The number of aromatic amines is 1. The van der Waals surface area contributed by atoms with Gasteiger partial charge < -0.3 is 36.9 Å². The van der Waals surface area contributed by atoms with E-state index in [0.29, 0.717) is 5.69 Å². The van der Waals surface area contributed by atoms with Gasteiger partial charge in [-0.15, -0.1) is 0 Å². The summed E-state index contributed by atoms with van der Waals surface area (Å²) < 4.78 is 0. The predicted octanol–water partition coefficient (Wildman–Crippen LogP) is -1.39. The number of nitrogens with two attached hydrogens (primary N) is 1. The smallest absolute Gasteiger partial charge is 0.326 e. The Kier molecular flexibility index (Phi) is 10.5. The lowest BCUT2D eigenvalue weighted by atomic mass is 10.0. The third kappa shape index (κ3) is 8.88. The highest BCUT2D eigenvalue weighted by molar-refractivity contribution is 5.95. The first kappa shape index (κ1) is 27.6. The summed E-state index contributed by atoms with van der Waals surface area (Å²) in [6.45, 7) is 6.56. The summed E-state index contributed by atoms with van der Waals surface area (Å²) in [4.78, 5) is 67.0. The number of carboxylic acids is 2. The topological polar surface area (TPSA) is 217 Å². The normalized spacial score (nSPS) is 14.8. The van der Waals surface area contributed by atoms with E-state index in [9.17, 15) is 29.1 Å². The molecule has 0 aromatic carbocycles. The molecule has 1 heterocycles. The molecule has 184 valence electrons. The number of carbonyl (C=O) groups excluding carboxylic acids is 3. The van der Waals surface area contributed by atoms with Crippen LogP contribution in [0.5, 0.6) is 0 Å². The fourth-order valence-corrected chi connectivity index (χ4v) is 2.93. The fourth-order valence-electron chi connectivity index (χ4n) is 2.93. The summed E-state index contributed by atoms with van der Waals surface area (Å²) in [5.41, 5.74) is 6.08. The van der Waals surface area contributed by atoms with Gasteiger partial charge >= 0.3 is 11.9 Å². The molecule has 1 aromatic rings. The van der Waals surface area contributed by atoms with Gasteiger partial charge in [-0.3, -0.25) is 19.2 Å². The monoisotopic (exact) mass is 468 g/mol. The van der Waals surface area contributed by atoms with Gasteiger partial charge in [-0.2, -0.15) is 0 Å². The minimum atomic E-state index is -1.36. The largest absolute Gasteiger partial charge is 0.481 e. The minimum Gasteiger partial charge on any atom is -0.481 e. The number of imidazole rings is 1. The third-order valence-electron chi connectivity index (χ3n) is 4.82. The van der Waals surface area contributed by atoms with Crippen LogP contribution in [-0.2, 0) is 30.4 Å². The van der Waals surface area contributed by atoms with Gasteiger partial charge in [-0.1, -0.05) is 27.7 Å². The average Bonchev–Trinajstić information content (AvgIpc) is 3.20. The molecule has 13 nitrogen and oxygen atoms in total. The number of aliphatic carboxylic acids is 2. The van der Waals surface area contributed by atoms with Crippen LogP contribution in [-0.4, -0.2) is 74.0 Å². The van der Waals surface area contributed by atoms with Gasteiger partial charge in [-0.05, 0) is 11.8 Å². The van der Waals surface area contributed by atoms with E-state index < -0.39 is 72.1 Å². The summed E-state index contributed by atoms with van der Waals surface area (Å²) in [6.07, 6.45) is 2.21. The highest BCUT2D eigenvalue weighted by Gasteiger charge is 2.33. The number of nitrogens with zero attached hydrogens (tertiary/aromatic N) is 1. The van der Waals surface area contributed by atoms with Crippen LogP contribution in [0.15, 0.2) is 12.5 Å². The molecule has 0 fully saturated rings. The molecule has 0 aliphatic rings. The maximum absolute atomic E-state index is 13.0. The number of H-pyrrole nitrogens is 1. The van der Waals surface area contributed by atoms with E-state index in [1.165, 1.54) is 12.5 Å². The van der Waals surface area contributed by atoms with Gasteiger partial charge in [0.05, 0.1) is 18.8 Å². The van der Waals surface area contributed by atoms with Crippen molar-refractivity contribution >= 4 is 29.7 Å². The van der Waals surface area contributed by atoms with Crippen LogP contribution in [0.1, 0.15) is 39.8 Å². The first-order valence-electron chi connectivity index (χ1n) is 10.4. The van der Waals surface area contributed by atoms with Crippen molar-refractivity contribution in [3.63, 3.8) is 0 Å². The standard InChI is InChI=1S/C20H32N6O7/c1-9(2)15(25-17(29)12(21)6-14(27)28)19(31)24-13(5-11-7-22-8-23-11)18(30)26-16(10(3)4)20(32)33/h7-10,12-13,15-16H,5-6,21H2,1-4H3,(H,22,23)(H,24,31)(H,25,29)(H,26,30)(H,27,28)(H,32,33). The maximum Gasteiger partial charge on any atom is 0.326 e. The molecule has 0 saturated heterocycles. The Balaban J connectivity index is 3.03. The SMILES string of the molecule is CC(C)C(NC(=O)C(Cc1cnc[nH]1)NC(=O)C(NC(=O)C(N)CC(=O)O)C(C)C)C(=O)O. The Hall–Kier alpha value is -3.48. The number of nitrogens with one attached hydrogen (secondary N) is 4. The fraction of sp³-hybridized carbons (Fsp3) is 0.600. The molecule has 4 atom stereocenters. The van der Waals surface area contributed by atoms with Crippen LogP contribution in [0.25, 0.3) is 0 Å². The molecule has 1 rings (SSSR count). The van der Waals surface area contributed by atoms with E-state index in [0.717, 1.165) is 0 Å². The molecular formula is C20H32N6O7. The maximum atomic E-state index is 13.0. The second-order valence-electron chi connectivity index (χ2n) is 8.35. The molecule has 33 heavy (non-hydrogen) atoms. The number of hydrogen-bond donors (Lipinski definition) is 7. The lowest BCUT2D eigenvalue weighted by Crippen LogP contribution is -2.59. The van der Waals surface area contributed by atoms with E-state index >= 15 is 0 Å². The van der Waals surface area contributed by atoms with Crippen LogP contribution in [0.2, 0.25) is 0 Å². The number of hydrogen-bond acceptors (Lipinski definition) is 7. The van der Waals surface area contributed by atoms with Crippen molar-refractivity contribution in [1.82, 2.24) is 25.9 Å². The average molecular weight is 469 g/mol. The van der Waals surface area contributed by atoms with Gasteiger partial charge in [0.25, 0.3) is 0 Å². The van der Waals surface area contributed by atoms with Crippen LogP contribution >= 0.6 is 0 Å². The molecule has 4 unspecified atom stereocenters. The van der Waals surface area contributed by atoms with Crippen molar-refractivity contribution in [3.05, 3.63) is 18.2 Å². The van der Waals surface area contributed by atoms with Crippen LogP contribution in [0, 0.1) is 11.8 Å². The molecule has 0 radical (unpaired) electrons. The van der Waals surface area contributed by atoms with Crippen LogP contribution in [0.4, 0.5) is 0 Å². The summed E-state index contributed by atoms with van der Waals surface area (Å²) >= 11 is 0. The number of carboxylic acid groups (broad SMARTS) is 2. The van der Waals surface area contributed by atoms with Gasteiger partial charge in [0.1, 0.15) is 18.1 Å². The molecule has 1 aromatic heterocycles. The Bertz CT molecular complexity index is 840. The number of carbonyl (C=O) groups is 5.